The molecule has 2 aliphatic rings. The first-order valence-electron chi connectivity index (χ1n) is 11.4. The molecule has 0 spiro atoms. The number of benzene rings is 2. The number of hydrogen-bond donors (Lipinski definition) is 4. The Morgan fingerprint density at radius 3 is 2.49 bits per heavy atom. The average Bonchev–Trinajstić information content (AvgIpc) is 2.92. The van der Waals surface area contributed by atoms with Crippen molar-refractivity contribution >= 4 is 16.9 Å². The molecule has 1 saturated heterocycles. The van der Waals surface area contributed by atoms with Crippen LogP contribution in [0.2, 0.25) is 0 Å². The second-order valence-electron chi connectivity index (χ2n) is 8.46. The van der Waals surface area contributed by atoms with Crippen LogP contribution < -0.4 is 19.6 Å². The van der Waals surface area contributed by atoms with E-state index in [1.165, 1.54) is 18.2 Å². The van der Waals surface area contributed by atoms with E-state index in [-0.39, 0.29) is 28.0 Å². The molecule has 3 aromatic rings. The summed E-state index contributed by atoms with van der Waals surface area (Å²) >= 11 is 0. The number of carbonyl (C=O) groups is 1. The van der Waals surface area contributed by atoms with Crippen molar-refractivity contribution in [3.05, 3.63) is 52.4 Å². The molecule has 0 saturated carbocycles. The van der Waals surface area contributed by atoms with Crippen LogP contribution in [0.5, 0.6) is 17.2 Å². The number of ether oxygens (including phenoxy) is 5. The molecule has 0 bridgehead atoms. The van der Waals surface area contributed by atoms with Crippen molar-refractivity contribution in [2.24, 2.45) is 0 Å². The van der Waals surface area contributed by atoms with E-state index in [9.17, 15) is 30.0 Å². The fraction of sp³-hybridized carbons (Fsp3) is 0.360. The van der Waals surface area contributed by atoms with E-state index in [1.54, 1.807) is 18.2 Å². The number of carbonyl (C=O) groups excluding carboxylic acids is 1. The minimum Gasteiger partial charge on any atom is -0.486 e. The van der Waals surface area contributed by atoms with Crippen LogP contribution >= 0.6 is 0 Å². The van der Waals surface area contributed by atoms with Crippen molar-refractivity contribution < 1.29 is 53.3 Å². The zero-order chi connectivity index (χ0) is 26.3. The molecule has 1 fully saturated rings. The maximum Gasteiger partial charge on any atom is 0.374 e. The number of rotatable bonds is 5. The molecule has 196 valence electrons. The Bertz CT molecular complexity index is 1380. The highest BCUT2D eigenvalue weighted by Gasteiger charge is 2.44. The van der Waals surface area contributed by atoms with Gasteiger partial charge in [-0.2, -0.15) is 0 Å². The van der Waals surface area contributed by atoms with Crippen LogP contribution in [-0.2, 0) is 9.47 Å². The van der Waals surface area contributed by atoms with Crippen molar-refractivity contribution in [3.63, 3.8) is 0 Å². The number of aliphatic hydroxyl groups excluding tert-OH is 4. The quantitative estimate of drug-likeness (QED) is 0.340. The van der Waals surface area contributed by atoms with E-state index in [4.69, 9.17) is 28.1 Å². The van der Waals surface area contributed by atoms with Gasteiger partial charge in [0.15, 0.2) is 11.5 Å². The van der Waals surface area contributed by atoms with E-state index in [0.717, 1.165) is 7.11 Å². The first-order chi connectivity index (χ1) is 17.8. The summed E-state index contributed by atoms with van der Waals surface area (Å²) in [7, 11) is 1.15. The molecule has 2 aliphatic heterocycles. The summed E-state index contributed by atoms with van der Waals surface area (Å²) < 4.78 is 32.7. The van der Waals surface area contributed by atoms with Crippen LogP contribution in [0.15, 0.2) is 45.6 Å². The molecule has 0 unspecified atom stereocenters. The summed E-state index contributed by atoms with van der Waals surface area (Å²) in [6.45, 7) is 0.109. The van der Waals surface area contributed by atoms with Crippen molar-refractivity contribution in [1.29, 1.82) is 0 Å². The number of esters is 1. The van der Waals surface area contributed by atoms with Crippen LogP contribution in [0.3, 0.4) is 0 Å². The Kier molecular flexibility index (Phi) is 6.75. The van der Waals surface area contributed by atoms with Gasteiger partial charge in [0.25, 0.3) is 0 Å². The SMILES string of the molecule is COC(=O)c1oc2cc(O[C@@H]3O[C@H](CO)[C@@H](O)[C@@H](O)[C@H]3O)ccc2c(=O)c1-c1ccc2c(c1)OCCO2. The lowest BCUT2D eigenvalue weighted by atomic mass is 9.99. The predicted molar refractivity (Wildman–Crippen MR) is 125 cm³/mol. The largest absolute Gasteiger partial charge is 0.486 e. The fourth-order valence-electron chi connectivity index (χ4n) is 4.24. The van der Waals surface area contributed by atoms with Crippen LogP contribution in [0, 0.1) is 0 Å². The van der Waals surface area contributed by atoms with Gasteiger partial charge in [-0.1, -0.05) is 6.07 Å². The van der Waals surface area contributed by atoms with Crippen LogP contribution in [0.1, 0.15) is 10.6 Å². The lowest BCUT2D eigenvalue weighted by Crippen LogP contribution is -2.60. The minimum atomic E-state index is -1.64. The fourth-order valence-corrected chi connectivity index (χ4v) is 4.24. The summed E-state index contributed by atoms with van der Waals surface area (Å²) in [4.78, 5) is 26.1. The first kappa shape index (κ1) is 25.0. The standard InChI is InChI=1S/C25H24O12/c1-32-24(31)23-18(11-2-5-14-16(8-11)34-7-6-33-14)19(27)13-4-3-12(9-15(13)36-23)35-25-22(30)21(29)20(28)17(10-26)37-25/h2-5,8-9,17,20-22,25-26,28-30H,6-7,10H2,1H3/t17-,20-,21-,22-,25-/m1/s1. The van der Waals surface area contributed by atoms with E-state index in [1.807, 2.05) is 0 Å². The number of fused-ring (bicyclic) bond motifs is 2. The molecule has 1 aromatic heterocycles. The highest BCUT2D eigenvalue weighted by atomic mass is 16.7. The molecule has 5 atom stereocenters. The first-order valence-corrected chi connectivity index (χ1v) is 11.4. The Morgan fingerprint density at radius 2 is 1.76 bits per heavy atom. The molecule has 5 rings (SSSR count). The zero-order valence-electron chi connectivity index (χ0n) is 19.5. The maximum atomic E-state index is 13.5. The van der Waals surface area contributed by atoms with Crippen molar-refractivity contribution in [2.45, 2.75) is 30.7 Å². The van der Waals surface area contributed by atoms with Gasteiger partial charge in [0.1, 0.15) is 49.0 Å². The number of aliphatic hydroxyl groups is 4. The second kappa shape index (κ2) is 10.00. The Labute approximate surface area is 209 Å². The Balaban J connectivity index is 1.55. The third-order valence-corrected chi connectivity index (χ3v) is 6.17. The van der Waals surface area contributed by atoms with Gasteiger partial charge in [-0.3, -0.25) is 4.79 Å². The molecule has 12 nitrogen and oxygen atoms in total. The molecular formula is C25H24O12. The molecule has 0 radical (unpaired) electrons. The van der Waals surface area contributed by atoms with Crippen LogP contribution in [-0.4, -0.2) is 84.0 Å². The summed E-state index contributed by atoms with van der Waals surface area (Å²) in [6.07, 6.45) is -7.42. The van der Waals surface area contributed by atoms with E-state index >= 15 is 0 Å². The van der Waals surface area contributed by atoms with Crippen LogP contribution in [0.4, 0.5) is 0 Å². The highest BCUT2D eigenvalue weighted by Crippen LogP contribution is 2.36. The summed E-state index contributed by atoms with van der Waals surface area (Å²) in [5, 5.41) is 39.7. The lowest BCUT2D eigenvalue weighted by molar-refractivity contribution is -0.277. The van der Waals surface area contributed by atoms with Gasteiger partial charge in [0, 0.05) is 6.07 Å². The topological polar surface area (TPSA) is 174 Å². The van der Waals surface area contributed by atoms with E-state index in [0.29, 0.717) is 30.3 Å². The number of methoxy groups -OCH3 is 1. The van der Waals surface area contributed by atoms with Gasteiger partial charge in [-0.05, 0) is 29.8 Å². The van der Waals surface area contributed by atoms with Gasteiger partial charge < -0.3 is 48.5 Å². The highest BCUT2D eigenvalue weighted by molar-refractivity contribution is 5.98. The van der Waals surface area contributed by atoms with Crippen molar-refractivity contribution in [1.82, 2.24) is 0 Å². The summed E-state index contributed by atoms with van der Waals surface area (Å²) in [5.74, 6) is -0.245. The van der Waals surface area contributed by atoms with E-state index in [2.05, 4.69) is 0 Å². The maximum absolute atomic E-state index is 13.5. The van der Waals surface area contributed by atoms with Crippen molar-refractivity contribution in [2.75, 3.05) is 26.9 Å². The Morgan fingerprint density at radius 1 is 1.00 bits per heavy atom. The molecule has 3 heterocycles. The monoisotopic (exact) mass is 516 g/mol. The third kappa shape index (κ3) is 4.49. The van der Waals surface area contributed by atoms with Gasteiger partial charge in [0.05, 0.1) is 24.7 Å². The second-order valence-corrected chi connectivity index (χ2v) is 8.46. The molecule has 0 amide bonds. The zero-order valence-corrected chi connectivity index (χ0v) is 19.5. The van der Waals surface area contributed by atoms with Crippen LogP contribution in [0.25, 0.3) is 22.1 Å². The lowest BCUT2D eigenvalue weighted by Gasteiger charge is -2.39. The van der Waals surface area contributed by atoms with Gasteiger partial charge >= 0.3 is 5.97 Å². The minimum absolute atomic E-state index is 0.0196. The van der Waals surface area contributed by atoms with Gasteiger partial charge in [-0.25, -0.2) is 4.79 Å². The number of hydrogen-bond acceptors (Lipinski definition) is 12. The van der Waals surface area contributed by atoms with Gasteiger partial charge in [0.2, 0.25) is 17.5 Å². The predicted octanol–water partition coefficient (Wildman–Crippen LogP) is 0.196. The molecule has 12 heteroatoms. The third-order valence-electron chi connectivity index (χ3n) is 6.17. The Hall–Kier alpha value is -3.68. The molecule has 37 heavy (non-hydrogen) atoms. The average molecular weight is 516 g/mol. The molecule has 4 N–H and O–H groups in total. The van der Waals surface area contributed by atoms with Gasteiger partial charge in [-0.15, -0.1) is 0 Å². The summed E-state index contributed by atoms with van der Waals surface area (Å²) in [5.41, 5.74) is -0.202. The normalized spacial score (nSPS) is 25.1. The molecular weight excluding hydrogens is 492 g/mol. The summed E-state index contributed by atoms with van der Waals surface area (Å²) in [6, 6.07) is 8.93. The van der Waals surface area contributed by atoms with Crippen molar-refractivity contribution in [3.8, 4) is 28.4 Å². The molecule has 0 aliphatic carbocycles. The smallest absolute Gasteiger partial charge is 0.374 e. The molecule has 2 aromatic carbocycles. The van der Waals surface area contributed by atoms with E-state index < -0.39 is 48.7 Å².